The number of hydrogen-bond donors (Lipinski definition) is 2. The Morgan fingerprint density at radius 1 is 1.45 bits per heavy atom. The summed E-state index contributed by atoms with van der Waals surface area (Å²) in [6.07, 6.45) is 1.69. The summed E-state index contributed by atoms with van der Waals surface area (Å²) < 4.78 is 5.35. The first-order chi connectivity index (χ1) is 9.58. The van der Waals surface area contributed by atoms with Crippen LogP contribution in [-0.4, -0.2) is 36.9 Å². The lowest BCUT2D eigenvalue weighted by molar-refractivity contribution is 0.0321. The number of aliphatic hydroxyl groups excluding tert-OH is 1. The lowest BCUT2D eigenvalue weighted by Crippen LogP contribution is -2.34. The molecule has 1 aliphatic rings. The highest BCUT2D eigenvalue weighted by atomic mass is 35.5. The topological polar surface area (TPSA) is 58.6 Å². The second kappa shape index (κ2) is 7.27. The van der Waals surface area contributed by atoms with Gasteiger partial charge >= 0.3 is 0 Å². The molecule has 1 atom stereocenters. The van der Waals surface area contributed by atoms with E-state index < -0.39 is 6.10 Å². The highest BCUT2D eigenvalue weighted by Gasteiger charge is 2.21. The van der Waals surface area contributed by atoms with Crippen LogP contribution in [0.4, 0.5) is 0 Å². The number of benzene rings is 1. The van der Waals surface area contributed by atoms with Crippen LogP contribution in [0, 0.1) is 5.92 Å². The van der Waals surface area contributed by atoms with Crippen molar-refractivity contribution in [2.24, 2.45) is 5.92 Å². The van der Waals surface area contributed by atoms with Crippen molar-refractivity contribution in [2.45, 2.75) is 18.9 Å². The minimum atomic E-state index is -0.726. The van der Waals surface area contributed by atoms with E-state index in [-0.39, 0.29) is 24.1 Å². The minimum absolute atomic E-state index is 0.117. The van der Waals surface area contributed by atoms with E-state index in [2.05, 4.69) is 5.32 Å². The van der Waals surface area contributed by atoms with Crippen molar-refractivity contribution in [2.75, 3.05) is 19.8 Å². The number of ether oxygens (including phenoxy) is 1. The van der Waals surface area contributed by atoms with Crippen LogP contribution in [0.5, 0.6) is 0 Å². The molecule has 2 N–H and O–H groups in total. The summed E-state index contributed by atoms with van der Waals surface area (Å²) in [5.74, 6) is 0.292. The lowest BCUT2D eigenvalue weighted by atomic mass is 10.2. The van der Waals surface area contributed by atoms with Crippen LogP contribution in [-0.2, 0) is 4.74 Å². The van der Waals surface area contributed by atoms with Crippen molar-refractivity contribution in [3.63, 3.8) is 0 Å². The molecule has 0 aromatic heterocycles. The number of aliphatic hydroxyl groups is 1. The van der Waals surface area contributed by atoms with Crippen LogP contribution in [0.1, 0.15) is 23.2 Å². The van der Waals surface area contributed by atoms with Gasteiger partial charge in [-0.2, -0.15) is 0 Å². The van der Waals surface area contributed by atoms with E-state index in [1.165, 1.54) is 12.8 Å². The molecule has 0 radical (unpaired) electrons. The van der Waals surface area contributed by atoms with Gasteiger partial charge in [-0.15, -0.1) is 0 Å². The van der Waals surface area contributed by atoms with Crippen molar-refractivity contribution >= 4 is 29.1 Å². The second-order valence-corrected chi connectivity index (χ2v) is 5.73. The van der Waals surface area contributed by atoms with Gasteiger partial charge in [-0.25, -0.2) is 0 Å². The summed E-state index contributed by atoms with van der Waals surface area (Å²) in [5.41, 5.74) is 0.297. The van der Waals surface area contributed by atoms with E-state index in [0.717, 1.165) is 0 Å². The van der Waals surface area contributed by atoms with Gasteiger partial charge in [-0.3, -0.25) is 4.79 Å². The molecule has 0 aliphatic heterocycles. The third kappa shape index (κ3) is 4.63. The predicted molar refractivity (Wildman–Crippen MR) is 78.3 cm³/mol. The summed E-state index contributed by atoms with van der Waals surface area (Å²) in [6.45, 7) is 1.03. The predicted octanol–water partition coefficient (Wildman–Crippen LogP) is 2.51. The maximum absolute atomic E-state index is 11.9. The van der Waals surface area contributed by atoms with Gasteiger partial charge in [0.25, 0.3) is 5.91 Å². The van der Waals surface area contributed by atoms with Crippen molar-refractivity contribution in [3.05, 3.63) is 33.8 Å². The fraction of sp³-hybridized carbons (Fsp3) is 0.500. The summed E-state index contributed by atoms with van der Waals surface area (Å²) in [5, 5.41) is 12.9. The number of hydrogen-bond acceptors (Lipinski definition) is 3. The monoisotopic (exact) mass is 317 g/mol. The Morgan fingerprint density at radius 2 is 2.20 bits per heavy atom. The van der Waals surface area contributed by atoms with Crippen molar-refractivity contribution in [1.29, 1.82) is 0 Å². The summed E-state index contributed by atoms with van der Waals surface area (Å²) in [4.78, 5) is 11.9. The Kier molecular flexibility index (Phi) is 5.66. The first-order valence-electron chi connectivity index (χ1n) is 6.56. The number of amides is 1. The van der Waals surface area contributed by atoms with E-state index >= 15 is 0 Å². The van der Waals surface area contributed by atoms with Gasteiger partial charge in [0.15, 0.2) is 0 Å². The fourth-order valence-electron chi connectivity index (χ4n) is 1.70. The SMILES string of the molecule is O=C(NCC(O)COCC1CC1)c1cccc(Cl)c1Cl. The maximum atomic E-state index is 11.9. The van der Waals surface area contributed by atoms with Crippen molar-refractivity contribution < 1.29 is 14.6 Å². The highest BCUT2D eigenvalue weighted by molar-refractivity contribution is 6.43. The summed E-state index contributed by atoms with van der Waals surface area (Å²) in [6, 6.07) is 4.85. The molecule has 6 heteroatoms. The van der Waals surface area contributed by atoms with Gasteiger partial charge < -0.3 is 15.2 Å². The van der Waals surface area contributed by atoms with Gasteiger partial charge in [0, 0.05) is 13.2 Å². The van der Waals surface area contributed by atoms with Gasteiger partial charge in [-0.1, -0.05) is 29.3 Å². The van der Waals surface area contributed by atoms with Crippen LogP contribution in [0.2, 0.25) is 10.0 Å². The second-order valence-electron chi connectivity index (χ2n) is 4.95. The molecule has 110 valence electrons. The van der Waals surface area contributed by atoms with E-state index in [9.17, 15) is 9.90 Å². The largest absolute Gasteiger partial charge is 0.389 e. The van der Waals surface area contributed by atoms with Crippen LogP contribution in [0.25, 0.3) is 0 Å². The van der Waals surface area contributed by atoms with Crippen LogP contribution in [0.3, 0.4) is 0 Å². The molecule has 0 heterocycles. The lowest BCUT2D eigenvalue weighted by Gasteiger charge is -2.13. The average molecular weight is 318 g/mol. The Balaban J connectivity index is 1.74. The van der Waals surface area contributed by atoms with Crippen LogP contribution in [0.15, 0.2) is 18.2 Å². The molecule has 20 heavy (non-hydrogen) atoms. The molecule has 0 bridgehead atoms. The van der Waals surface area contributed by atoms with Crippen LogP contribution >= 0.6 is 23.2 Å². The van der Waals surface area contributed by atoms with Gasteiger partial charge in [-0.05, 0) is 30.9 Å². The van der Waals surface area contributed by atoms with Gasteiger partial charge in [0.1, 0.15) is 0 Å². The smallest absolute Gasteiger partial charge is 0.252 e. The van der Waals surface area contributed by atoms with Gasteiger partial charge in [0.05, 0.1) is 28.3 Å². The molecular weight excluding hydrogens is 301 g/mol. The van der Waals surface area contributed by atoms with E-state index in [0.29, 0.717) is 23.1 Å². The standard InChI is InChI=1S/C14H17Cl2NO3/c15-12-3-1-2-11(13(12)16)14(19)17-6-10(18)8-20-7-9-4-5-9/h1-3,9-10,18H,4-8H2,(H,17,19). The Bertz CT molecular complexity index is 477. The van der Waals surface area contributed by atoms with Crippen molar-refractivity contribution in [3.8, 4) is 0 Å². The molecule has 1 saturated carbocycles. The average Bonchev–Trinajstić information content (AvgIpc) is 3.23. The molecule has 0 saturated heterocycles. The molecule has 1 unspecified atom stereocenters. The zero-order valence-electron chi connectivity index (χ0n) is 10.9. The third-order valence-electron chi connectivity index (χ3n) is 3.06. The molecular formula is C14H17Cl2NO3. The Morgan fingerprint density at radius 3 is 2.90 bits per heavy atom. The zero-order valence-corrected chi connectivity index (χ0v) is 12.5. The molecule has 1 fully saturated rings. The normalized spacial score (nSPS) is 15.9. The maximum Gasteiger partial charge on any atom is 0.252 e. The molecule has 0 spiro atoms. The molecule has 1 aromatic rings. The first kappa shape index (κ1) is 15.6. The molecule has 2 rings (SSSR count). The number of rotatable bonds is 7. The quantitative estimate of drug-likeness (QED) is 0.812. The van der Waals surface area contributed by atoms with Gasteiger partial charge in [0.2, 0.25) is 0 Å². The Labute approximate surface area is 128 Å². The number of carbonyl (C=O) groups is 1. The minimum Gasteiger partial charge on any atom is -0.389 e. The third-order valence-corrected chi connectivity index (χ3v) is 3.87. The van der Waals surface area contributed by atoms with Crippen LogP contribution < -0.4 is 5.32 Å². The molecule has 1 amide bonds. The zero-order chi connectivity index (χ0) is 14.5. The molecule has 1 aliphatic carbocycles. The first-order valence-corrected chi connectivity index (χ1v) is 7.31. The summed E-state index contributed by atoms with van der Waals surface area (Å²) >= 11 is 11.8. The van der Waals surface area contributed by atoms with E-state index in [1.54, 1.807) is 18.2 Å². The number of halogens is 2. The van der Waals surface area contributed by atoms with E-state index in [1.807, 2.05) is 0 Å². The molecule has 4 nitrogen and oxygen atoms in total. The highest BCUT2D eigenvalue weighted by Crippen LogP contribution is 2.28. The fourth-order valence-corrected chi connectivity index (χ4v) is 2.09. The summed E-state index contributed by atoms with van der Waals surface area (Å²) in [7, 11) is 0. The Hall–Kier alpha value is -0.810. The van der Waals surface area contributed by atoms with E-state index in [4.69, 9.17) is 27.9 Å². The number of nitrogens with one attached hydrogen (secondary N) is 1. The molecule has 1 aromatic carbocycles. The van der Waals surface area contributed by atoms with Crippen molar-refractivity contribution in [1.82, 2.24) is 5.32 Å². The number of carbonyl (C=O) groups excluding carboxylic acids is 1.